The molecule has 1 saturated heterocycles. The third-order valence-corrected chi connectivity index (χ3v) is 5.17. The molecule has 2 aromatic rings. The minimum Gasteiger partial charge on any atom is -0.444 e. The minimum atomic E-state index is -0.625. The smallest absolute Gasteiger partial charge is 0.410 e. The van der Waals surface area contributed by atoms with Gasteiger partial charge in [0, 0.05) is 23.7 Å². The van der Waals surface area contributed by atoms with E-state index in [0.717, 1.165) is 12.8 Å². The maximum Gasteiger partial charge on any atom is 0.410 e. The van der Waals surface area contributed by atoms with Gasteiger partial charge in [0.25, 0.3) is 5.91 Å². The van der Waals surface area contributed by atoms with E-state index in [-0.39, 0.29) is 11.6 Å². The highest BCUT2D eigenvalue weighted by molar-refractivity contribution is 7.14. The molecule has 3 heterocycles. The van der Waals surface area contributed by atoms with E-state index in [4.69, 9.17) is 10.5 Å². The highest BCUT2D eigenvalue weighted by atomic mass is 32.1. The van der Waals surface area contributed by atoms with Crippen molar-refractivity contribution in [3.05, 3.63) is 23.3 Å². The predicted molar refractivity (Wildman–Crippen MR) is 110 cm³/mol. The molecule has 10 heteroatoms. The van der Waals surface area contributed by atoms with Crippen LogP contribution in [0, 0.1) is 0 Å². The predicted octanol–water partition coefficient (Wildman–Crippen LogP) is 2.97. The summed E-state index contributed by atoms with van der Waals surface area (Å²) in [5.74, 6) is -0.845. The molecule has 1 atom stereocenters. The van der Waals surface area contributed by atoms with Gasteiger partial charge in [0.15, 0.2) is 5.13 Å². The van der Waals surface area contributed by atoms with Gasteiger partial charge in [-0.05, 0) is 46.1 Å². The molecular weight excluding hydrogens is 394 g/mol. The number of rotatable bonds is 4. The van der Waals surface area contributed by atoms with E-state index >= 15 is 0 Å². The molecule has 0 radical (unpaired) electrons. The van der Waals surface area contributed by atoms with Crippen molar-refractivity contribution >= 4 is 34.4 Å². The molecule has 1 aliphatic heterocycles. The Balaban J connectivity index is 1.69. The quantitative estimate of drug-likeness (QED) is 0.701. The summed E-state index contributed by atoms with van der Waals surface area (Å²) in [7, 11) is 0. The number of carbonyl (C=O) groups excluding carboxylic acids is 3. The number of hydrogen-bond acceptors (Lipinski definition) is 6. The van der Waals surface area contributed by atoms with Crippen LogP contribution in [0.5, 0.6) is 0 Å². The second-order valence-electron chi connectivity index (χ2n) is 7.88. The summed E-state index contributed by atoms with van der Waals surface area (Å²) < 4.78 is 5.44. The van der Waals surface area contributed by atoms with Gasteiger partial charge in [-0.3, -0.25) is 14.5 Å². The molecule has 0 aromatic carbocycles. The fourth-order valence-corrected chi connectivity index (χ4v) is 3.80. The molecule has 1 fully saturated rings. The molecule has 29 heavy (non-hydrogen) atoms. The zero-order valence-electron chi connectivity index (χ0n) is 16.7. The van der Waals surface area contributed by atoms with Crippen LogP contribution in [0.15, 0.2) is 17.6 Å². The first-order valence-electron chi connectivity index (χ1n) is 9.38. The van der Waals surface area contributed by atoms with E-state index in [1.54, 1.807) is 38.4 Å². The first-order valence-corrected chi connectivity index (χ1v) is 10.3. The van der Waals surface area contributed by atoms with E-state index < -0.39 is 23.6 Å². The van der Waals surface area contributed by atoms with Gasteiger partial charge >= 0.3 is 6.09 Å². The Morgan fingerprint density at radius 3 is 2.76 bits per heavy atom. The van der Waals surface area contributed by atoms with Crippen molar-refractivity contribution in [1.29, 1.82) is 0 Å². The monoisotopic (exact) mass is 419 g/mol. The number of aromatic nitrogens is 2. The lowest BCUT2D eigenvalue weighted by Gasteiger charge is -2.35. The van der Waals surface area contributed by atoms with Crippen LogP contribution in [0.2, 0.25) is 0 Å². The molecule has 1 aliphatic rings. The number of nitrogens with two attached hydrogens (primary N) is 1. The summed E-state index contributed by atoms with van der Waals surface area (Å²) in [5, 5.41) is 4.99. The van der Waals surface area contributed by atoms with E-state index in [1.165, 1.54) is 16.2 Å². The summed E-state index contributed by atoms with van der Waals surface area (Å²) in [6, 6.07) is 1.01. The van der Waals surface area contributed by atoms with Crippen molar-refractivity contribution in [1.82, 2.24) is 14.9 Å². The number of piperidine rings is 1. The number of ether oxygens (including phenoxy) is 1. The summed E-state index contributed by atoms with van der Waals surface area (Å²) in [6.45, 7) is 5.87. The Morgan fingerprint density at radius 2 is 2.10 bits per heavy atom. The summed E-state index contributed by atoms with van der Waals surface area (Å²) in [6.07, 6.45) is 3.41. The molecule has 0 bridgehead atoms. The number of hydrogen-bond donors (Lipinski definition) is 3. The molecular formula is C19H25N5O4S. The molecule has 2 aromatic heterocycles. The molecule has 1 unspecified atom stereocenters. The van der Waals surface area contributed by atoms with Gasteiger partial charge in [0.1, 0.15) is 17.3 Å². The van der Waals surface area contributed by atoms with Crippen molar-refractivity contribution < 1.29 is 19.1 Å². The first-order chi connectivity index (χ1) is 13.6. The van der Waals surface area contributed by atoms with Crippen LogP contribution in [-0.2, 0) is 9.53 Å². The van der Waals surface area contributed by atoms with Gasteiger partial charge in [-0.25, -0.2) is 9.78 Å². The molecule has 9 nitrogen and oxygen atoms in total. The number of amides is 3. The lowest BCUT2D eigenvalue weighted by Crippen LogP contribution is -2.51. The van der Waals surface area contributed by atoms with Gasteiger partial charge in [-0.2, -0.15) is 0 Å². The highest BCUT2D eigenvalue weighted by Crippen LogP contribution is 2.27. The Hall–Kier alpha value is -2.88. The van der Waals surface area contributed by atoms with Crippen LogP contribution in [-0.4, -0.2) is 51.0 Å². The van der Waals surface area contributed by atoms with Gasteiger partial charge in [-0.1, -0.05) is 0 Å². The number of H-pyrrole nitrogens is 1. The van der Waals surface area contributed by atoms with Crippen molar-refractivity contribution in [2.75, 3.05) is 11.9 Å². The van der Waals surface area contributed by atoms with Crippen LogP contribution < -0.4 is 11.1 Å². The van der Waals surface area contributed by atoms with Gasteiger partial charge in [-0.15, -0.1) is 11.3 Å². The highest BCUT2D eigenvalue weighted by Gasteiger charge is 2.35. The maximum atomic E-state index is 12.8. The Morgan fingerprint density at radius 1 is 1.34 bits per heavy atom. The molecule has 0 spiro atoms. The lowest BCUT2D eigenvalue weighted by molar-refractivity contribution is -0.122. The largest absolute Gasteiger partial charge is 0.444 e. The average molecular weight is 420 g/mol. The number of nitrogens with zero attached hydrogens (tertiary/aromatic N) is 2. The van der Waals surface area contributed by atoms with Crippen LogP contribution in [0.3, 0.4) is 0 Å². The lowest BCUT2D eigenvalue weighted by atomic mass is 10.0. The second kappa shape index (κ2) is 8.24. The fourth-order valence-electron chi connectivity index (χ4n) is 3.08. The Labute approximate surface area is 172 Å². The van der Waals surface area contributed by atoms with Crippen LogP contribution in [0.1, 0.15) is 50.5 Å². The van der Waals surface area contributed by atoms with Crippen molar-refractivity contribution in [3.63, 3.8) is 0 Å². The van der Waals surface area contributed by atoms with E-state index in [1.807, 2.05) is 0 Å². The van der Waals surface area contributed by atoms with Gasteiger partial charge in [0.2, 0.25) is 5.91 Å². The third-order valence-electron chi connectivity index (χ3n) is 4.41. The topological polar surface area (TPSA) is 130 Å². The van der Waals surface area contributed by atoms with E-state index in [0.29, 0.717) is 29.4 Å². The zero-order valence-corrected chi connectivity index (χ0v) is 17.5. The SMILES string of the molecule is CC(C)(C)OC(=O)N1CCCCC1C(=O)Nc1nc(-c2c[nH]c(C(N)=O)c2)cs1. The maximum absolute atomic E-state index is 12.8. The minimum absolute atomic E-state index is 0.286. The number of aromatic amines is 1. The summed E-state index contributed by atoms with van der Waals surface area (Å²) in [4.78, 5) is 45.2. The van der Waals surface area contributed by atoms with Gasteiger partial charge in [0.05, 0.1) is 5.69 Å². The summed E-state index contributed by atoms with van der Waals surface area (Å²) >= 11 is 1.27. The van der Waals surface area contributed by atoms with Gasteiger partial charge < -0.3 is 20.8 Å². The second-order valence-corrected chi connectivity index (χ2v) is 8.74. The Bertz CT molecular complexity index is 914. The Kier molecular flexibility index (Phi) is 5.92. The molecule has 156 valence electrons. The normalized spacial score (nSPS) is 17.1. The van der Waals surface area contributed by atoms with Crippen molar-refractivity contribution in [3.8, 4) is 11.3 Å². The average Bonchev–Trinajstić information content (AvgIpc) is 3.29. The fraction of sp³-hybridized carbons (Fsp3) is 0.474. The van der Waals surface area contributed by atoms with Crippen molar-refractivity contribution in [2.24, 2.45) is 5.73 Å². The standard InChI is InChI=1S/C19H25N5O4S/c1-19(2,3)28-18(27)24-7-5-4-6-14(24)16(26)23-17-22-13(10-29-17)11-8-12(15(20)25)21-9-11/h8-10,14,21H,4-7H2,1-3H3,(H2,20,25)(H,22,23,26). The molecule has 4 N–H and O–H groups in total. The zero-order chi connectivity index (χ0) is 21.2. The van der Waals surface area contributed by atoms with Crippen LogP contribution in [0.25, 0.3) is 11.3 Å². The molecule has 0 saturated carbocycles. The number of likely N-dealkylation sites (tertiary alicyclic amines) is 1. The van der Waals surface area contributed by atoms with Crippen LogP contribution >= 0.6 is 11.3 Å². The van der Waals surface area contributed by atoms with E-state index in [9.17, 15) is 14.4 Å². The number of thiazole rings is 1. The molecule has 3 amide bonds. The molecule has 3 rings (SSSR count). The molecule has 0 aliphatic carbocycles. The van der Waals surface area contributed by atoms with E-state index in [2.05, 4.69) is 15.3 Å². The number of anilines is 1. The van der Waals surface area contributed by atoms with Crippen LogP contribution in [0.4, 0.5) is 9.93 Å². The number of nitrogens with one attached hydrogen (secondary N) is 2. The summed E-state index contributed by atoms with van der Waals surface area (Å²) in [5.41, 5.74) is 6.22. The number of carbonyl (C=O) groups is 3. The number of primary amides is 1. The van der Waals surface area contributed by atoms with Crippen molar-refractivity contribution in [2.45, 2.75) is 51.7 Å². The first kappa shape index (κ1) is 20.8. The third kappa shape index (κ3) is 5.14.